The number of hydrogen-bond donors (Lipinski definition) is 1. The lowest BCUT2D eigenvalue weighted by Crippen LogP contribution is -2.44. The molecule has 5 heteroatoms. The van der Waals surface area contributed by atoms with Crippen LogP contribution >= 0.6 is 0 Å². The molecular formula is C13H21N3O2. The van der Waals surface area contributed by atoms with Crippen LogP contribution in [0.25, 0.3) is 0 Å². The van der Waals surface area contributed by atoms with Crippen molar-refractivity contribution >= 4 is 5.91 Å². The van der Waals surface area contributed by atoms with Gasteiger partial charge in [-0.2, -0.15) is 5.10 Å². The quantitative estimate of drug-likeness (QED) is 0.875. The van der Waals surface area contributed by atoms with Crippen LogP contribution in [0, 0.1) is 0 Å². The SMILES string of the molecule is CC(C(=O)N(C)CC1(O)CCCC1)n1cccn1. The zero-order chi connectivity index (χ0) is 13.2. The van der Waals surface area contributed by atoms with Gasteiger partial charge < -0.3 is 10.0 Å². The molecule has 0 spiro atoms. The summed E-state index contributed by atoms with van der Waals surface area (Å²) in [7, 11) is 1.75. The van der Waals surface area contributed by atoms with Gasteiger partial charge in [0.25, 0.3) is 0 Å². The van der Waals surface area contributed by atoms with Crippen molar-refractivity contribution in [1.29, 1.82) is 0 Å². The van der Waals surface area contributed by atoms with Crippen molar-refractivity contribution in [1.82, 2.24) is 14.7 Å². The summed E-state index contributed by atoms with van der Waals surface area (Å²) in [6.07, 6.45) is 7.12. The normalized spacial score (nSPS) is 19.7. The van der Waals surface area contributed by atoms with E-state index in [1.165, 1.54) is 0 Å². The van der Waals surface area contributed by atoms with Crippen LogP contribution in [0.2, 0.25) is 0 Å². The highest BCUT2D eigenvalue weighted by molar-refractivity contribution is 5.79. The van der Waals surface area contributed by atoms with Crippen molar-refractivity contribution in [3.8, 4) is 0 Å². The summed E-state index contributed by atoms with van der Waals surface area (Å²) in [6.45, 7) is 2.24. The Balaban J connectivity index is 1.96. The molecule has 1 N–H and O–H groups in total. The fourth-order valence-corrected chi connectivity index (χ4v) is 2.65. The Morgan fingerprint density at radius 2 is 2.22 bits per heavy atom. The summed E-state index contributed by atoms with van der Waals surface area (Å²) < 4.78 is 1.64. The average Bonchev–Trinajstić information content (AvgIpc) is 2.98. The summed E-state index contributed by atoms with van der Waals surface area (Å²) in [5.41, 5.74) is -0.686. The maximum absolute atomic E-state index is 12.2. The zero-order valence-electron chi connectivity index (χ0n) is 11.0. The number of amides is 1. The summed E-state index contributed by atoms with van der Waals surface area (Å²) in [5, 5.41) is 14.4. The molecule has 1 atom stereocenters. The van der Waals surface area contributed by atoms with Gasteiger partial charge >= 0.3 is 0 Å². The Labute approximate surface area is 107 Å². The molecule has 5 nitrogen and oxygen atoms in total. The van der Waals surface area contributed by atoms with E-state index in [9.17, 15) is 9.90 Å². The van der Waals surface area contributed by atoms with Crippen molar-refractivity contribution in [2.24, 2.45) is 0 Å². The van der Waals surface area contributed by atoms with Crippen molar-refractivity contribution in [3.63, 3.8) is 0 Å². The molecule has 1 aromatic heterocycles. The third-order valence-electron chi connectivity index (χ3n) is 3.72. The van der Waals surface area contributed by atoms with Crippen molar-refractivity contribution in [2.45, 2.75) is 44.2 Å². The fraction of sp³-hybridized carbons (Fsp3) is 0.692. The van der Waals surface area contributed by atoms with E-state index in [1.54, 1.807) is 35.1 Å². The first-order valence-corrected chi connectivity index (χ1v) is 6.48. The van der Waals surface area contributed by atoms with Crippen LogP contribution in [0.4, 0.5) is 0 Å². The third kappa shape index (κ3) is 2.72. The molecule has 0 bridgehead atoms. The number of hydrogen-bond acceptors (Lipinski definition) is 3. The van der Waals surface area contributed by atoms with E-state index in [1.807, 2.05) is 6.92 Å². The van der Waals surface area contributed by atoms with Crippen LogP contribution in [0.3, 0.4) is 0 Å². The van der Waals surface area contributed by atoms with Crippen LogP contribution in [0.15, 0.2) is 18.5 Å². The number of carbonyl (C=O) groups is 1. The van der Waals surface area contributed by atoms with Gasteiger partial charge in [-0.1, -0.05) is 12.8 Å². The molecule has 1 fully saturated rings. The van der Waals surface area contributed by atoms with E-state index in [0.717, 1.165) is 25.7 Å². The largest absolute Gasteiger partial charge is 0.388 e. The lowest BCUT2D eigenvalue weighted by Gasteiger charge is -2.30. The van der Waals surface area contributed by atoms with Gasteiger partial charge in [0.05, 0.1) is 5.60 Å². The lowest BCUT2D eigenvalue weighted by molar-refractivity contribution is -0.136. The minimum Gasteiger partial charge on any atom is -0.388 e. The highest BCUT2D eigenvalue weighted by Crippen LogP contribution is 2.30. The van der Waals surface area contributed by atoms with Crippen molar-refractivity contribution in [2.75, 3.05) is 13.6 Å². The molecule has 1 saturated carbocycles. The maximum Gasteiger partial charge on any atom is 0.246 e. The van der Waals surface area contributed by atoms with Gasteiger partial charge in [0.1, 0.15) is 6.04 Å². The fourth-order valence-electron chi connectivity index (χ4n) is 2.65. The first-order valence-electron chi connectivity index (χ1n) is 6.48. The summed E-state index contributed by atoms with van der Waals surface area (Å²) >= 11 is 0. The number of rotatable bonds is 4. The zero-order valence-corrected chi connectivity index (χ0v) is 11.0. The van der Waals surface area contributed by atoms with E-state index in [-0.39, 0.29) is 11.9 Å². The summed E-state index contributed by atoms with van der Waals surface area (Å²) in [4.78, 5) is 13.8. The minimum atomic E-state index is -0.686. The van der Waals surface area contributed by atoms with Crippen LogP contribution in [0.1, 0.15) is 38.6 Å². The van der Waals surface area contributed by atoms with Crippen LogP contribution in [-0.4, -0.2) is 44.9 Å². The smallest absolute Gasteiger partial charge is 0.246 e. The molecule has 1 aromatic rings. The van der Waals surface area contributed by atoms with Crippen molar-refractivity contribution < 1.29 is 9.90 Å². The molecule has 0 saturated heterocycles. The number of aromatic nitrogens is 2. The number of carbonyl (C=O) groups excluding carboxylic acids is 1. The minimum absolute atomic E-state index is 0.0148. The highest BCUT2D eigenvalue weighted by atomic mass is 16.3. The van der Waals surface area contributed by atoms with E-state index >= 15 is 0 Å². The lowest BCUT2D eigenvalue weighted by atomic mass is 10.0. The Kier molecular flexibility index (Phi) is 3.71. The van der Waals surface area contributed by atoms with Gasteiger partial charge in [-0.3, -0.25) is 9.48 Å². The standard InChI is InChI=1S/C13H21N3O2/c1-11(16-9-5-8-14-16)12(17)15(2)10-13(18)6-3-4-7-13/h5,8-9,11,18H,3-4,6-7,10H2,1-2H3. The molecule has 1 aliphatic carbocycles. The maximum atomic E-state index is 12.2. The molecule has 2 rings (SSSR count). The molecule has 1 unspecified atom stereocenters. The van der Waals surface area contributed by atoms with Gasteiger partial charge in [0.2, 0.25) is 5.91 Å². The van der Waals surface area contributed by atoms with E-state index in [0.29, 0.717) is 6.54 Å². The summed E-state index contributed by atoms with van der Waals surface area (Å²) in [6, 6.07) is 1.48. The monoisotopic (exact) mass is 251 g/mol. The Bertz CT molecular complexity index is 396. The van der Waals surface area contributed by atoms with E-state index in [2.05, 4.69) is 5.10 Å². The first-order chi connectivity index (χ1) is 8.52. The number of aliphatic hydroxyl groups is 1. The molecule has 0 aromatic carbocycles. The molecule has 1 aliphatic rings. The molecular weight excluding hydrogens is 230 g/mol. The molecule has 1 heterocycles. The van der Waals surface area contributed by atoms with Crippen LogP contribution < -0.4 is 0 Å². The Hall–Kier alpha value is -1.36. The predicted molar refractivity (Wildman–Crippen MR) is 68.0 cm³/mol. The highest BCUT2D eigenvalue weighted by Gasteiger charge is 2.34. The van der Waals surface area contributed by atoms with Gasteiger partial charge in [0.15, 0.2) is 0 Å². The van der Waals surface area contributed by atoms with E-state index in [4.69, 9.17) is 0 Å². The molecule has 0 aliphatic heterocycles. The Morgan fingerprint density at radius 3 is 2.78 bits per heavy atom. The summed E-state index contributed by atoms with van der Waals surface area (Å²) in [5.74, 6) is -0.0148. The average molecular weight is 251 g/mol. The Morgan fingerprint density at radius 1 is 1.56 bits per heavy atom. The van der Waals surface area contributed by atoms with Crippen LogP contribution in [0.5, 0.6) is 0 Å². The molecule has 1 amide bonds. The topological polar surface area (TPSA) is 58.4 Å². The molecule has 0 radical (unpaired) electrons. The van der Waals surface area contributed by atoms with Gasteiger partial charge in [-0.25, -0.2) is 0 Å². The van der Waals surface area contributed by atoms with Gasteiger partial charge in [-0.15, -0.1) is 0 Å². The number of likely N-dealkylation sites (N-methyl/N-ethyl adjacent to an activating group) is 1. The first kappa shape index (κ1) is 13.1. The second-order valence-corrected chi connectivity index (χ2v) is 5.29. The van der Waals surface area contributed by atoms with Gasteiger partial charge in [0, 0.05) is 26.0 Å². The second kappa shape index (κ2) is 5.10. The molecule has 100 valence electrons. The predicted octanol–water partition coefficient (Wildman–Crippen LogP) is 1.21. The third-order valence-corrected chi connectivity index (χ3v) is 3.72. The number of nitrogens with zero attached hydrogens (tertiary/aromatic N) is 3. The van der Waals surface area contributed by atoms with Crippen molar-refractivity contribution in [3.05, 3.63) is 18.5 Å². The van der Waals surface area contributed by atoms with E-state index < -0.39 is 5.60 Å². The van der Waals surface area contributed by atoms with Gasteiger partial charge in [-0.05, 0) is 25.8 Å². The second-order valence-electron chi connectivity index (χ2n) is 5.29. The molecule has 18 heavy (non-hydrogen) atoms. The van der Waals surface area contributed by atoms with Crippen LogP contribution in [-0.2, 0) is 4.79 Å².